The molecule has 1 atom stereocenters. The molecule has 0 spiro atoms. The molecule has 2 amide bonds. The lowest BCUT2D eigenvalue weighted by atomic mass is 10.1. The third-order valence-electron chi connectivity index (χ3n) is 3.53. The molecule has 0 radical (unpaired) electrons. The van der Waals surface area contributed by atoms with Gasteiger partial charge < -0.3 is 11.1 Å². The maximum atomic E-state index is 12.7. The molecule has 0 fully saturated rings. The monoisotopic (exact) mass is 383 g/mol. The number of nitrogens with one attached hydrogen (secondary N) is 1. The molecule has 136 valence electrons. The second-order valence-electron chi connectivity index (χ2n) is 5.34. The van der Waals surface area contributed by atoms with Crippen LogP contribution in [0.1, 0.15) is 16.2 Å². The fourth-order valence-corrected chi connectivity index (χ4v) is 2.82. The lowest BCUT2D eigenvalue weighted by Gasteiger charge is -2.15. The van der Waals surface area contributed by atoms with Crippen LogP contribution in [0.2, 0.25) is 0 Å². The molecule has 0 aliphatic carbocycles. The lowest BCUT2D eigenvalue weighted by molar-refractivity contribution is -0.137. The first-order valence-corrected chi connectivity index (χ1v) is 8.42. The third-order valence-corrected chi connectivity index (χ3v) is 4.06. The van der Waals surface area contributed by atoms with Crippen LogP contribution in [0.5, 0.6) is 0 Å². The summed E-state index contributed by atoms with van der Waals surface area (Å²) >= 11 is 0.837. The summed E-state index contributed by atoms with van der Waals surface area (Å²) in [7, 11) is 0. The predicted octanol–water partition coefficient (Wildman–Crippen LogP) is -0.214. The van der Waals surface area contributed by atoms with Crippen LogP contribution in [0.25, 0.3) is 11.4 Å². The maximum Gasteiger partial charge on any atom is 0.287 e. The number of nitrogens with zero attached hydrogens (tertiary/aromatic N) is 5. The van der Waals surface area contributed by atoms with Gasteiger partial charge in [-0.2, -0.15) is 8.75 Å². The van der Waals surface area contributed by atoms with Crippen LogP contribution in [0, 0.1) is 0 Å². The van der Waals surface area contributed by atoms with Gasteiger partial charge in [-0.05, 0) is 18.2 Å². The molecule has 3 rings (SSSR count). The van der Waals surface area contributed by atoms with E-state index in [1.54, 1.807) is 30.5 Å². The number of aromatic nitrogens is 5. The summed E-state index contributed by atoms with van der Waals surface area (Å²) < 4.78 is 8.07. The average molecular weight is 383 g/mol. The van der Waals surface area contributed by atoms with E-state index in [4.69, 9.17) is 5.73 Å². The van der Waals surface area contributed by atoms with Crippen molar-refractivity contribution in [2.45, 2.75) is 12.5 Å². The minimum absolute atomic E-state index is 0.00339. The first kappa shape index (κ1) is 18.2. The number of rotatable bonds is 7. The van der Waals surface area contributed by atoms with E-state index >= 15 is 0 Å². The SMILES string of the molecule is NC(=O)C(=O)C(Cc1ccncn1)NC(=O)c1nsnc1-c1ccccn1. The fourth-order valence-electron chi connectivity index (χ4n) is 2.26. The Labute approximate surface area is 157 Å². The molecule has 0 aliphatic heterocycles. The Bertz CT molecular complexity index is 962. The molecular weight excluding hydrogens is 370 g/mol. The van der Waals surface area contributed by atoms with Crippen LogP contribution >= 0.6 is 11.7 Å². The Morgan fingerprint density at radius 2 is 1.96 bits per heavy atom. The van der Waals surface area contributed by atoms with Gasteiger partial charge in [-0.25, -0.2) is 9.97 Å². The Kier molecular flexibility index (Phi) is 5.52. The van der Waals surface area contributed by atoms with Gasteiger partial charge in [0.25, 0.3) is 11.8 Å². The first-order valence-electron chi connectivity index (χ1n) is 7.69. The van der Waals surface area contributed by atoms with Crippen molar-refractivity contribution in [3.63, 3.8) is 0 Å². The first-order chi connectivity index (χ1) is 13.1. The Hall–Kier alpha value is -3.60. The summed E-state index contributed by atoms with van der Waals surface area (Å²) in [5.74, 6) is -2.77. The number of hydrogen-bond acceptors (Lipinski definition) is 9. The Morgan fingerprint density at radius 1 is 1.11 bits per heavy atom. The van der Waals surface area contributed by atoms with Crippen molar-refractivity contribution in [3.05, 3.63) is 54.4 Å². The molecule has 0 saturated carbocycles. The number of primary amides is 1. The summed E-state index contributed by atoms with van der Waals surface area (Å²) in [5.41, 5.74) is 6.31. The van der Waals surface area contributed by atoms with Crippen molar-refractivity contribution in [1.29, 1.82) is 0 Å². The molecule has 11 heteroatoms. The van der Waals surface area contributed by atoms with Crippen LogP contribution in [-0.4, -0.2) is 47.3 Å². The zero-order valence-electron chi connectivity index (χ0n) is 13.8. The summed E-state index contributed by atoms with van der Waals surface area (Å²) in [6, 6.07) is 5.53. The van der Waals surface area contributed by atoms with E-state index in [-0.39, 0.29) is 17.8 Å². The third kappa shape index (κ3) is 4.33. The zero-order valence-corrected chi connectivity index (χ0v) is 14.6. The number of nitrogens with two attached hydrogens (primary N) is 1. The average Bonchev–Trinajstić information content (AvgIpc) is 3.18. The summed E-state index contributed by atoms with van der Waals surface area (Å²) in [4.78, 5) is 48.0. The van der Waals surface area contributed by atoms with Crippen LogP contribution in [0.15, 0.2) is 43.0 Å². The smallest absolute Gasteiger partial charge is 0.287 e. The molecule has 3 aromatic heterocycles. The number of pyridine rings is 1. The lowest BCUT2D eigenvalue weighted by Crippen LogP contribution is -2.47. The van der Waals surface area contributed by atoms with Crippen molar-refractivity contribution in [3.8, 4) is 11.4 Å². The van der Waals surface area contributed by atoms with Gasteiger partial charge in [0.05, 0.1) is 17.4 Å². The molecule has 1 unspecified atom stereocenters. The van der Waals surface area contributed by atoms with Crippen molar-refractivity contribution in [1.82, 2.24) is 29.0 Å². The van der Waals surface area contributed by atoms with Gasteiger partial charge in [-0.3, -0.25) is 19.4 Å². The molecule has 3 aromatic rings. The quantitative estimate of drug-likeness (QED) is 0.531. The molecular formula is C16H13N7O3S. The van der Waals surface area contributed by atoms with Gasteiger partial charge in [-0.15, -0.1) is 0 Å². The van der Waals surface area contributed by atoms with Gasteiger partial charge in [0.15, 0.2) is 5.69 Å². The van der Waals surface area contributed by atoms with E-state index < -0.39 is 23.6 Å². The van der Waals surface area contributed by atoms with Crippen LogP contribution in [-0.2, 0) is 16.0 Å². The molecule has 3 heterocycles. The minimum Gasteiger partial charge on any atom is -0.363 e. The molecule has 0 aromatic carbocycles. The van der Waals surface area contributed by atoms with Gasteiger partial charge in [0, 0.05) is 24.5 Å². The second kappa shape index (κ2) is 8.19. The Balaban J connectivity index is 1.84. The van der Waals surface area contributed by atoms with E-state index in [2.05, 4.69) is 29.0 Å². The van der Waals surface area contributed by atoms with Crippen LogP contribution in [0.4, 0.5) is 0 Å². The molecule has 0 bridgehead atoms. The van der Waals surface area contributed by atoms with Gasteiger partial charge in [0.1, 0.15) is 18.1 Å². The van der Waals surface area contributed by atoms with Gasteiger partial charge in [-0.1, -0.05) is 6.07 Å². The molecule has 3 N–H and O–H groups in total. The number of hydrogen-bond donors (Lipinski definition) is 2. The number of ketones is 1. The number of carbonyl (C=O) groups excluding carboxylic acids is 3. The predicted molar refractivity (Wildman–Crippen MR) is 94.3 cm³/mol. The summed E-state index contributed by atoms with van der Waals surface area (Å²) in [6.45, 7) is 0. The largest absolute Gasteiger partial charge is 0.363 e. The number of carbonyl (C=O) groups is 3. The van der Waals surface area contributed by atoms with E-state index in [1.165, 1.54) is 12.5 Å². The molecule has 0 aliphatic rings. The Morgan fingerprint density at radius 3 is 2.63 bits per heavy atom. The highest BCUT2D eigenvalue weighted by Gasteiger charge is 2.28. The highest BCUT2D eigenvalue weighted by atomic mass is 32.1. The molecule has 0 saturated heterocycles. The fraction of sp³-hybridized carbons (Fsp3) is 0.125. The minimum atomic E-state index is -1.19. The van der Waals surface area contributed by atoms with Crippen molar-refractivity contribution in [2.75, 3.05) is 0 Å². The van der Waals surface area contributed by atoms with Crippen LogP contribution < -0.4 is 11.1 Å². The topological polar surface area (TPSA) is 154 Å². The van der Waals surface area contributed by atoms with E-state index in [0.717, 1.165) is 11.7 Å². The highest BCUT2D eigenvalue weighted by molar-refractivity contribution is 6.99. The molecule has 10 nitrogen and oxygen atoms in total. The standard InChI is InChI=1S/C16H13N7O3S/c17-15(25)14(24)11(7-9-4-6-18-8-20-9)21-16(26)13-12(22-27-23-13)10-3-1-2-5-19-10/h1-6,8,11H,7H2,(H2,17,25)(H,21,26). The summed E-state index contributed by atoms with van der Waals surface area (Å²) in [6.07, 6.45) is 4.32. The van der Waals surface area contributed by atoms with Gasteiger partial charge in [0.2, 0.25) is 5.78 Å². The highest BCUT2D eigenvalue weighted by Crippen LogP contribution is 2.19. The second-order valence-corrected chi connectivity index (χ2v) is 5.86. The number of amides is 2. The van der Waals surface area contributed by atoms with Crippen LogP contribution in [0.3, 0.4) is 0 Å². The summed E-state index contributed by atoms with van der Waals surface area (Å²) in [5, 5.41) is 2.49. The van der Waals surface area contributed by atoms with Crippen molar-refractivity contribution in [2.24, 2.45) is 5.73 Å². The van der Waals surface area contributed by atoms with Crippen molar-refractivity contribution >= 4 is 29.3 Å². The van der Waals surface area contributed by atoms with E-state index in [1.807, 2.05) is 0 Å². The number of Topliss-reactive ketones (excluding diaryl/α,β-unsaturated/α-hetero) is 1. The zero-order chi connectivity index (χ0) is 19.2. The van der Waals surface area contributed by atoms with E-state index in [0.29, 0.717) is 11.4 Å². The van der Waals surface area contributed by atoms with E-state index in [9.17, 15) is 14.4 Å². The maximum absolute atomic E-state index is 12.7. The normalized spacial score (nSPS) is 11.6. The van der Waals surface area contributed by atoms with Gasteiger partial charge >= 0.3 is 0 Å². The molecule has 27 heavy (non-hydrogen) atoms. The van der Waals surface area contributed by atoms with Crippen molar-refractivity contribution < 1.29 is 14.4 Å².